The van der Waals surface area contributed by atoms with Gasteiger partial charge < -0.3 is 10.1 Å². The molecular weight excluding hydrogens is 342 g/mol. The summed E-state index contributed by atoms with van der Waals surface area (Å²) in [6.45, 7) is 4.40. The number of hydrogen-bond acceptors (Lipinski definition) is 3. The van der Waals surface area contributed by atoms with Gasteiger partial charge in [0.25, 0.3) is 5.91 Å². The molecule has 1 N–H and O–H groups in total. The highest BCUT2D eigenvalue weighted by atomic mass is 35.5. The number of amides is 1. The van der Waals surface area contributed by atoms with Gasteiger partial charge in [0.15, 0.2) is 6.10 Å². The average Bonchev–Trinajstić information content (AvgIpc) is 2.58. The molecule has 2 aromatic rings. The lowest BCUT2D eigenvalue weighted by Gasteiger charge is -2.14. The lowest BCUT2D eigenvalue weighted by Crippen LogP contribution is -2.37. The Kier molecular flexibility index (Phi) is 7.47. The van der Waals surface area contributed by atoms with Crippen LogP contribution >= 0.6 is 23.4 Å². The van der Waals surface area contributed by atoms with E-state index >= 15 is 0 Å². The van der Waals surface area contributed by atoms with Crippen molar-refractivity contribution < 1.29 is 9.53 Å². The van der Waals surface area contributed by atoms with Crippen molar-refractivity contribution in [3.05, 3.63) is 64.7 Å². The standard InChI is InChI=1S/C19H22ClNO2S/c1-14-3-9-18(10-4-14)23-15(2)19(22)21-11-12-24-13-16-5-7-17(20)8-6-16/h3-10,15H,11-13H2,1-2H3,(H,21,22)/t15-/m0/s1. The molecule has 0 saturated heterocycles. The molecule has 3 nitrogen and oxygen atoms in total. The topological polar surface area (TPSA) is 38.3 Å². The van der Waals surface area contributed by atoms with E-state index in [-0.39, 0.29) is 5.91 Å². The second-order valence-corrected chi connectivity index (χ2v) is 7.08. The van der Waals surface area contributed by atoms with Crippen molar-refractivity contribution in [3.63, 3.8) is 0 Å². The minimum atomic E-state index is -0.506. The van der Waals surface area contributed by atoms with Crippen molar-refractivity contribution in [2.75, 3.05) is 12.3 Å². The zero-order chi connectivity index (χ0) is 17.4. The van der Waals surface area contributed by atoms with Gasteiger partial charge in [-0.3, -0.25) is 4.79 Å². The van der Waals surface area contributed by atoms with Gasteiger partial charge in [-0.25, -0.2) is 0 Å². The molecule has 5 heteroatoms. The van der Waals surface area contributed by atoms with Crippen LogP contribution in [-0.2, 0) is 10.5 Å². The zero-order valence-electron chi connectivity index (χ0n) is 13.9. The van der Waals surface area contributed by atoms with Gasteiger partial charge in [0.1, 0.15) is 5.75 Å². The summed E-state index contributed by atoms with van der Waals surface area (Å²) in [5.74, 6) is 2.37. The molecule has 24 heavy (non-hydrogen) atoms. The fourth-order valence-electron chi connectivity index (χ4n) is 2.04. The fraction of sp³-hybridized carbons (Fsp3) is 0.316. The van der Waals surface area contributed by atoms with E-state index in [0.717, 1.165) is 22.1 Å². The maximum absolute atomic E-state index is 12.0. The lowest BCUT2D eigenvalue weighted by molar-refractivity contribution is -0.127. The minimum absolute atomic E-state index is 0.0948. The Morgan fingerprint density at radius 3 is 2.50 bits per heavy atom. The minimum Gasteiger partial charge on any atom is -0.481 e. The third-order valence-electron chi connectivity index (χ3n) is 3.43. The van der Waals surface area contributed by atoms with Crippen LogP contribution in [-0.4, -0.2) is 24.3 Å². The largest absolute Gasteiger partial charge is 0.481 e. The normalized spacial score (nSPS) is 11.8. The first kappa shape index (κ1) is 18.7. The number of carbonyl (C=O) groups is 1. The molecule has 2 rings (SSSR count). The van der Waals surface area contributed by atoms with Crippen LogP contribution in [0, 0.1) is 6.92 Å². The molecule has 0 aliphatic heterocycles. The number of benzene rings is 2. The number of carbonyl (C=O) groups excluding carboxylic acids is 1. The fourth-order valence-corrected chi connectivity index (χ4v) is 2.98. The van der Waals surface area contributed by atoms with Crippen LogP contribution in [0.3, 0.4) is 0 Å². The molecule has 0 saturated carbocycles. The molecule has 0 aromatic heterocycles. The highest BCUT2D eigenvalue weighted by molar-refractivity contribution is 7.98. The van der Waals surface area contributed by atoms with Crippen LogP contribution in [0.15, 0.2) is 48.5 Å². The SMILES string of the molecule is Cc1ccc(O[C@@H](C)C(=O)NCCSCc2ccc(Cl)cc2)cc1. The highest BCUT2D eigenvalue weighted by Gasteiger charge is 2.13. The van der Waals surface area contributed by atoms with Crippen molar-refractivity contribution in [3.8, 4) is 5.75 Å². The van der Waals surface area contributed by atoms with Crippen molar-refractivity contribution in [2.45, 2.75) is 25.7 Å². The van der Waals surface area contributed by atoms with E-state index in [1.807, 2.05) is 55.5 Å². The molecule has 0 unspecified atom stereocenters. The maximum Gasteiger partial charge on any atom is 0.260 e. The number of hydrogen-bond donors (Lipinski definition) is 1. The highest BCUT2D eigenvalue weighted by Crippen LogP contribution is 2.15. The Morgan fingerprint density at radius 2 is 1.83 bits per heavy atom. The van der Waals surface area contributed by atoms with Gasteiger partial charge >= 0.3 is 0 Å². The first-order valence-electron chi connectivity index (χ1n) is 7.88. The first-order valence-corrected chi connectivity index (χ1v) is 9.41. The molecule has 1 atom stereocenters. The van der Waals surface area contributed by atoms with E-state index in [4.69, 9.17) is 16.3 Å². The van der Waals surface area contributed by atoms with Crippen molar-refractivity contribution >= 4 is 29.3 Å². The van der Waals surface area contributed by atoms with E-state index < -0.39 is 6.10 Å². The molecule has 1 amide bonds. The second kappa shape index (κ2) is 9.60. The molecule has 0 heterocycles. The van der Waals surface area contributed by atoms with Gasteiger partial charge in [-0.1, -0.05) is 41.4 Å². The number of aryl methyl sites for hydroxylation is 1. The van der Waals surface area contributed by atoms with Crippen LogP contribution in [0.5, 0.6) is 5.75 Å². The van der Waals surface area contributed by atoms with Crippen molar-refractivity contribution in [1.29, 1.82) is 0 Å². The third-order valence-corrected chi connectivity index (χ3v) is 4.71. The molecule has 128 valence electrons. The van der Waals surface area contributed by atoms with E-state index in [0.29, 0.717) is 12.3 Å². The average molecular weight is 364 g/mol. The van der Waals surface area contributed by atoms with Gasteiger partial charge in [-0.2, -0.15) is 11.8 Å². The smallest absolute Gasteiger partial charge is 0.260 e. The molecular formula is C19H22ClNO2S. The second-order valence-electron chi connectivity index (χ2n) is 5.54. The summed E-state index contributed by atoms with van der Waals surface area (Å²) in [6.07, 6.45) is -0.506. The van der Waals surface area contributed by atoms with Gasteiger partial charge in [0.2, 0.25) is 0 Å². The monoisotopic (exact) mass is 363 g/mol. The van der Waals surface area contributed by atoms with Crippen molar-refractivity contribution in [2.24, 2.45) is 0 Å². The first-order chi connectivity index (χ1) is 11.5. The van der Waals surface area contributed by atoms with E-state index in [1.165, 1.54) is 5.56 Å². The summed E-state index contributed by atoms with van der Waals surface area (Å²) in [5, 5.41) is 3.65. The molecule has 2 aromatic carbocycles. The quantitative estimate of drug-likeness (QED) is 0.703. The van der Waals surface area contributed by atoms with Crippen LogP contribution in [0.4, 0.5) is 0 Å². The Morgan fingerprint density at radius 1 is 1.17 bits per heavy atom. The summed E-state index contributed by atoms with van der Waals surface area (Å²) in [4.78, 5) is 12.0. The van der Waals surface area contributed by atoms with Crippen LogP contribution < -0.4 is 10.1 Å². The van der Waals surface area contributed by atoms with Crippen LogP contribution in [0.2, 0.25) is 5.02 Å². The number of halogens is 1. The number of rotatable bonds is 8. The van der Waals surface area contributed by atoms with Gasteiger partial charge in [-0.15, -0.1) is 0 Å². The Labute approximate surface area is 152 Å². The molecule has 0 bridgehead atoms. The number of ether oxygens (including phenoxy) is 1. The molecule has 0 aliphatic rings. The summed E-state index contributed by atoms with van der Waals surface area (Å²) in [6, 6.07) is 15.5. The Balaban J connectivity index is 1.63. The van der Waals surface area contributed by atoms with E-state index in [9.17, 15) is 4.79 Å². The predicted molar refractivity (Wildman–Crippen MR) is 102 cm³/mol. The number of thioether (sulfide) groups is 1. The molecule has 0 spiro atoms. The lowest BCUT2D eigenvalue weighted by atomic mass is 10.2. The summed E-state index contributed by atoms with van der Waals surface area (Å²) in [7, 11) is 0. The Hall–Kier alpha value is -1.65. The zero-order valence-corrected chi connectivity index (χ0v) is 15.5. The predicted octanol–water partition coefficient (Wildman–Crippen LogP) is 4.47. The van der Waals surface area contributed by atoms with Crippen molar-refractivity contribution in [1.82, 2.24) is 5.32 Å². The molecule has 0 radical (unpaired) electrons. The number of nitrogens with one attached hydrogen (secondary N) is 1. The van der Waals surface area contributed by atoms with E-state index in [1.54, 1.807) is 18.7 Å². The summed E-state index contributed by atoms with van der Waals surface area (Å²) in [5.41, 5.74) is 2.39. The van der Waals surface area contributed by atoms with E-state index in [2.05, 4.69) is 5.32 Å². The van der Waals surface area contributed by atoms with Crippen LogP contribution in [0.1, 0.15) is 18.1 Å². The molecule has 0 fully saturated rings. The van der Waals surface area contributed by atoms with Crippen LogP contribution in [0.25, 0.3) is 0 Å². The molecule has 0 aliphatic carbocycles. The summed E-state index contributed by atoms with van der Waals surface area (Å²) < 4.78 is 5.64. The van der Waals surface area contributed by atoms with Gasteiger partial charge in [0, 0.05) is 23.1 Å². The maximum atomic E-state index is 12.0. The van der Waals surface area contributed by atoms with Gasteiger partial charge in [0.05, 0.1) is 0 Å². The third kappa shape index (κ3) is 6.46. The van der Waals surface area contributed by atoms with Gasteiger partial charge in [-0.05, 0) is 43.7 Å². The Bertz CT molecular complexity index is 643. The summed E-state index contributed by atoms with van der Waals surface area (Å²) >= 11 is 7.63.